The molecule has 0 aliphatic carbocycles. The molecule has 0 radical (unpaired) electrons. The molecule has 3 N–H and O–H groups in total. The lowest BCUT2D eigenvalue weighted by Gasteiger charge is -2.13. The summed E-state index contributed by atoms with van der Waals surface area (Å²) in [4.78, 5) is 7.47. The fraction of sp³-hybridized carbons (Fsp3) is 0.167. The Labute approximate surface area is 103 Å². The van der Waals surface area contributed by atoms with Gasteiger partial charge in [-0.1, -0.05) is 5.16 Å². The molecule has 3 aromatic heterocycles. The maximum absolute atomic E-state index is 5.50. The van der Waals surface area contributed by atoms with E-state index < -0.39 is 0 Å². The molecule has 3 rings (SSSR count). The van der Waals surface area contributed by atoms with Gasteiger partial charge in [-0.3, -0.25) is 0 Å². The predicted octanol–water partition coefficient (Wildman–Crippen LogP) is 1.30. The summed E-state index contributed by atoms with van der Waals surface area (Å²) in [5.74, 6) is 1.03. The van der Waals surface area contributed by atoms with Crippen molar-refractivity contribution in [3.05, 3.63) is 60.3 Å². The minimum absolute atomic E-state index is 0.150. The molecular formula is C12H13N5O. The number of hydrogen-bond donors (Lipinski definition) is 2. The lowest BCUT2D eigenvalue weighted by Crippen LogP contribution is -2.11. The second-order valence-corrected chi connectivity index (χ2v) is 3.91. The number of aromatic nitrogens is 4. The molecule has 3 heterocycles. The van der Waals surface area contributed by atoms with Gasteiger partial charge in [0.05, 0.1) is 6.54 Å². The Morgan fingerprint density at radius 1 is 1.33 bits per heavy atom. The quantitative estimate of drug-likeness (QED) is 0.723. The summed E-state index contributed by atoms with van der Waals surface area (Å²) in [6.07, 6.45) is 5.78. The summed E-state index contributed by atoms with van der Waals surface area (Å²) in [5.41, 5.74) is 6.49. The van der Waals surface area contributed by atoms with Crippen molar-refractivity contribution in [3.63, 3.8) is 0 Å². The van der Waals surface area contributed by atoms with Crippen LogP contribution in [-0.4, -0.2) is 19.7 Å². The van der Waals surface area contributed by atoms with Crippen molar-refractivity contribution < 1.29 is 4.52 Å². The summed E-state index contributed by atoms with van der Waals surface area (Å²) in [6.45, 7) is 0.270. The Balaban J connectivity index is 2.05. The Hall–Kier alpha value is -2.34. The highest BCUT2D eigenvalue weighted by molar-refractivity contribution is 5.19. The topological polar surface area (TPSA) is 85.7 Å². The number of nitrogens with one attached hydrogen (secondary N) is 1. The van der Waals surface area contributed by atoms with E-state index in [2.05, 4.69) is 15.1 Å². The van der Waals surface area contributed by atoms with Crippen molar-refractivity contribution in [2.75, 3.05) is 0 Å². The average molecular weight is 243 g/mol. The fourth-order valence-electron chi connectivity index (χ4n) is 1.92. The number of rotatable bonds is 4. The van der Waals surface area contributed by atoms with E-state index in [1.165, 1.54) is 0 Å². The highest BCUT2D eigenvalue weighted by atomic mass is 16.5. The molecule has 0 saturated carbocycles. The number of aromatic amines is 1. The fourth-order valence-corrected chi connectivity index (χ4v) is 1.92. The third-order valence-corrected chi connectivity index (χ3v) is 2.74. The Bertz CT molecular complexity index is 562. The number of nitrogens with zero attached hydrogens (tertiary/aromatic N) is 3. The molecule has 0 unspecified atom stereocenters. The van der Waals surface area contributed by atoms with E-state index in [1.807, 2.05) is 47.4 Å². The molecule has 0 aliphatic rings. The second kappa shape index (κ2) is 4.50. The molecule has 0 bridgehead atoms. The summed E-state index contributed by atoms with van der Waals surface area (Å²) < 4.78 is 7.28. The zero-order valence-corrected chi connectivity index (χ0v) is 9.65. The summed E-state index contributed by atoms with van der Waals surface area (Å²) in [6, 6.07) is 7.68. The third kappa shape index (κ3) is 1.82. The smallest absolute Gasteiger partial charge is 0.255 e. The molecule has 0 amide bonds. The van der Waals surface area contributed by atoms with Crippen LogP contribution in [-0.2, 0) is 6.54 Å². The highest BCUT2D eigenvalue weighted by Gasteiger charge is 2.22. The summed E-state index contributed by atoms with van der Waals surface area (Å²) in [7, 11) is 0. The maximum Gasteiger partial charge on any atom is 0.255 e. The van der Waals surface area contributed by atoms with Crippen LogP contribution < -0.4 is 5.73 Å². The molecule has 0 fully saturated rings. The molecule has 3 aromatic rings. The van der Waals surface area contributed by atoms with E-state index in [-0.39, 0.29) is 12.6 Å². The minimum atomic E-state index is -0.150. The first-order valence-corrected chi connectivity index (χ1v) is 5.67. The van der Waals surface area contributed by atoms with E-state index in [0.29, 0.717) is 11.7 Å². The van der Waals surface area contributed by atoms with Gasteiger partial charge in [0.2, 0.25) is 0 Å². The van der Waals surface area contributed by atoms with Crippen LogP contribution in [0.25, 0.3) is 0 Å². The minimum Gasteiger partial charge on any atom is -0.363 e. The van der Waals surface area contributed by atoms with Gasteiger partial charge in [0.25, 0.3) is 5.89 Å². The van der Waals surface area contributed by atoms with Gasteiger partial charge in [-0.05, 0) is 24.3 Å². The van der Waals surface area contributed by atoms with Crippen molar-refractivity contribution in [2.45, 2.75) is 12.6 Å². The van der Waals surface area contributed by atoms with Crippen LogP contribution in [0.1, 0.15) is 23.5 Å². The molecule has 0 aliphatic heterocycles. The van der Waals surface area contributed by atoms with Gasteiger partial charge >= 0.3 is 0 Å². The van der Waals surface area contributed by atoms with Crippen LogP contribution in [0.2, 0.25) is 0 Å². The zero-order valence-electron chi connectivity index (χ0n) is 9.65. The van der Waals surface area contributed by atoms with Gasteiger partial charge in [-0.25, -0.2) is 0 Å². The van der Waals surface area contributed by atoms with Crippen molar-refractivity contribution in [1.29, 1.82) is 0 Å². The van der Waals surface area contributed by atoms with Crippen LogP contribution in [0.15, 0.2) is 47.4 Å². The van der Waals surface area contributed by atoms with Gasteiger partial charge in [0, 0.05) is 24.3 Å². The lowest BCUT2D eigenvalue weighted by atomic mass is 10.2. The number of H-pyrrole nitrogens is 1. The van der Waals surface area contributed by atoms with Crippen LogP contribution in [0.4, 0.5) is 0 Å². The molecule has 18 heavy (non-hydrogen) atoms. The first kappa shape index (κ1) is 10.8. The van der Waals surface area contributed by atoms with Crippen molar-refractivity contribution in [1.82, 2.24) is 19.7 Å². The zero-order chi connectivity index (χ0) is 12.4. The van der Waals surface area contributed by atoms with Gasteiger partial charge in [0.1, 0.15) is 0 Å². The monoisotopic (exact) mass is 243 g/mol. The molecule has 0 saturated heterocycles. The van der Waals surface area contributed by atoms with Crippen LogP contribution in [0.5, 0.6) is 0 Å². The third-order valence-electron chi connectivity index (χ3n) is 2.74. The van der Waals surface area contributed by atoms with Gasteiger partial charge < -0.3 is 19.8 Å². The number of hydrogen-bond acceptors (Lipinski definition) is 4. The lowest BCUT2D eigenvalue weighted by molar-refractivity contribution is 0.348. The molecule has 6 nitrogen and oxygen atoms in total. The SMILES string of the molecule is NCc1noc([C@@H](c2ccc[nH]2)n2cccc2)n1. The second-order valence-electron chi connectivity index (χ2n) is 3.91. The Kier molecular flexibility index (Phi) is 2.70. The first-order valence-electron chi connectivity index (χ1n) is 5.67. The molecule has 92 valence electrons. The van der Waals surface area contributed by atoms with Crippen LogP contribution in [0.3, 0.4) is 0 Å². The molecule has 0 spiro atoms. The molecule has 0 aromatic carbocycles. The van der Waals surface area contributed by atoms with Crippen molar-refractivity contribution in [3.8, 4) is 0 Å². The summed E-state index contributed by atoms with van der Waals surface area (Å²) >= 11 is 0. The highest BCUT2D eigenvalue weighted by Crippen LogP contribution is 2.24. The van der Waals surface area contributed by atoms with E-state index in [9.17, 15) is 0 Å². The molecule has 1 atom stereocenters. The van der Waals surface area contributed by atoms with Gasteiger partial charge in [0.15, 0.2) is 11.9 Å². The van der Waals surface area contributed by atoms with E-state index in [1.54, 1.807) is 0 Å². The Morgan fingerprint density at radius 3 is 2.78 bits per heavy atom. The van der Waals surface area contributed by atoms with E-state index >= 15 is 0 Å². The molecular weight excluding hydrogens is 230 g/mol. The van der Waals surface area contributed by atoms with Crippen molar-refractivity contribution >= 4 is 0 Å². The first-order chi connectivity index (χ1) is 8.88. The summed E-state index contributed by atoms with van der Waals surface area (Å²) in [5, 5.41) is 3.84. The van der Waals surface area contributed by atoms with Gasteiger partial charge in [-0.2, -0.15) is 4.98 Å². The van der Waals surface area contributed by atoms with Gasteiger partial charge in [-0.15, -0.1) is 0 Å². The number of nitrogens with two attached hydrogens (primary N) is 1. The van der Waals surface area contributed by atoms with Crippen LogP contribution >= 0.6 is 0 Å². The molecule has 6 heteroatoms. The maximum atomic E-state index is 5.50. The van der Waals surface area contributed by atoms with E-state index in [4.69, 9.17) is 10.3 Å². The predicted molar refractivity (Wildman–Crippen MR) is 64.7 cm³/mol. The van der Waals surface area contributed by atoms with Crippen molar-refractivity contribution in [2.24, 2.45) is 5.73 Å². The van der Waals surface area contributed by atoms with Crippen LogP contribution in [0, 0.1) is 0 Å². The standard InChI is InChI=1S/C12H13N5O/c13-8-10-15-12(18-16-10)11(9-4-3-5-14-9)17-6-1-2-7-17/h1-7,11,14H,8,13H2/t11-/m1/s1. The average Bonchev–Trinajstić information content (AvgIpc) is 3.13. The van der Waals surface area contributed by atoms with E-state index in [0.717, 1.165) is 5.69 Å². The Morgan fingerprint density at radius 2 is 2.17 bits per heavy atom. The normalized spacial score (nSPS) is 12.7. The largest absolute Gasteiger partial charge is 0.363 e.